The average molecular weight is 297 g/mol. The van der Waals surface area contributed by atoms with Crippen LogP contribution >= 0.6 is 11.8 Å². The highest BCUT2D eigenvalue weighted by molar-refractivity contribution is 7.98. The van der Waals surface area contributed by atoms with Crippen LogP contribution in [0.3, 0.4) is 0 Å². The van der Waals surface area contributed by atoms with Gasteiger partial charge in [0, 0.05) is 16.1 Å². The Morgan fingerprint density at radius 3 is 2.76 bits per heavy atom. The van der Waals surface area contributed by atoms with Gasteiger partial charge in [0.2, 0.25) is 11.7 Å². The predicted octanol–water partition coefficient (Wildman–Crippen LogP) is 3.92. The van der Waals surface area contributed by atoms with Gasteiger partial charge in [-0.2, -0.15) is 4.98 Å². The van der Waals surface area contributed by atoms with E-state index in [2.05, 4.69) is 16.2 Å². The quantitative estimate of drug-likeness (QED) is 0.584. The molecule has 3 aromatic rings. The molecule has 4 nitrogen and oxygen atoms in total. The monoisotopic (exact) mass is 297 g/mol. The van der Waals surface area contributed by atoms with Crippen molar-refractivity contribution in [1.29, 1.82) is 0 Å². The van der Waals surface area contributed by atoms with Gasteiger partial charge in [0.05, 0.1) is 5.75 Å². The molecule has 0 aliphatic heterocycles. The molecule has 2 aromatic carbocycles. The number of nitrogen functional groups attached to an aromatic ring is 1. The van der Waals surface area contributed by atoms with Crippen molar-refractivity contribution in [3.63, 3.8) is 0 Å². The Bertz CT molecular complexity index is 740. The zero-order valence-corrected chi connectivity index (χ0v) is 12.4. The van der Waals surface area contributed by atoms with Crippen molar-refractivity contribution in [2.75, 3.05) is 5.73 Å². The van der Waals surface area contributed by atoms with Crippen molar-refractivity contribution < 1.29 is 4.52 Å². The van der Waals surface area contributed by atoms with Gasteiger partial charge in [0.25, 0.3) is 0 Å². The largest absolute Gasteiger partial charge is 0.398 e. The lowest BCUT2D eigenvalue weighted by Gasteiger charge is -2.04. The van der Waals surface area contributed by atoms with Crippen LogP contribution in [0.4, 0.5) is 5.69 Å². The molecule has 21 heavy (non-hydrogen) atoms. The molecule has 1 aromatic heterocycles. The fourth-order valence-corrected chi connectivity index (χ4v) is 2.82. The van der Waals surface area contributed by atoms with Crippen LogP contribution in [0, 0.1) is 6.92 Å². The molecular weight excluding hydrogens is 282 g/mol. The number of nitrogens with zero attached hydrogens (tertiary/aromatic N) is 2. The Hall–Kier alpha value is -2.27. The maximum atomic E-state index is 5.96. The Kier molecular flexibility index (Phi) is 3.92. The zero-order valence-electron chi connectivity index (χ0n) is 11.6. The molecule has 0 saturated heterocycles. The summed E-state index contributed by atoms with van der Waals surface area (Å²) >= 11 is 1.60. The Balaban J connectivity index is 1.72. The molecule has 3 rings (SSSR count). The summed E-state index contributed by atoms with van der Waals surface area (Å²) in [4.78, 5) is 5.44. The first-order valence-corrected chi connectivity index (χ1v) is 7.58. The Labute approximate surface area is 127 Å². The Morgan fingerprint density at radius 2 is 1.95 bits per heavy atom. The van der Waals surface area contributed by atoms with Gasteiger partial charge in [0.15, 0.2) is 0 Å². The predicted molar refractivity (Wildman–Crippen MR) is 84.9 cm³/mol. The number of rotatable bonds is 4. The molecule has 1 heterocycles. The molecule has 0 aliphatic carbocycles. The van der Waals surface area contributed by atoms with Gasteiger partial charge in [-0.05, 0) is 24.6 Å². The SMILES string of the molecule is Cc1ccc(N)c(SCc2nc(-c3ccccc3)no2)c1. The summed E-state index contributed by atoms with van der Waals surface area (Å²) in [6, 6.07) is 15.8. The first kappa shape index (κ1) is 13.7. The van der Waals surface area contributed by atoms with Gasteiger partial charge in [-0.15, -0.1) is 11.8 Å². The zero-order chi connectivity index (χ0) is 14.7. The van der Waals surface area contributed by atoms with Crippen LogP contribution in [0.5, 0.6) is 0 Å². The van der Waals surface area contributed by atoms with E-state index in [1.165, 1.54) is 5.56 Å². The molecule has 0 radical (unpaired) electrons. The number of hydrogen-bond donors (Lipinski definition) is 1. The number of thioether (sulfide) groups is 1. The number of hydrogen-bond acceptors (Lipinski definition) is 5. The van der Waals surface area contributed by atoms with E-state index in [0.717, 1.165) is 16.1 Å². The normalized spacial score (nSPS) is 10.7. The van der Waals surface area contributed by atoms with Crippen molar-refractivity contribution in [3.05, 3.63) is 60.0 Å². The van der Waals surface area contributed by atoms with Crippen LogP contribution in [0.2, 0.25) is 0 Å². The van der Waals surface area contributed by atoms with Crippen LogP contribution < -0.4 is 5.73 Å². The standard InChI is InChI=1S/C16H15N3OS/c1-11-7-8-13(17)14(9-11)21-10-15-18-16(19-20-15)12-5-3-2-4-6-12/h2-9H,10,17H2,1H3. The molecule has 0 saturated carbocycles. The van der Waals surface area contributed by atoms with Crippen LogP contribution in [-0.2, 0) is 5.75 Å². The van der Waals surface area contributed by atoms with Crippen molar-refractivity contribution in [2.45, 2.75) is 17.6 Å². The van der Waals surface area contributed by atoms with Gasteiger partial charge in [-0.1, -0.05) is 41.6 Å². The van der Waals surface area contributed by atoms with Crippen molar-refractivity contribution >= 4 is 17.4 Å². The number of benzene rings is 2. The lowest BCUT2D eigenvalue weighted by atomic mass is 10.2. The van der Waals surface area contributed by atoms with Crippen molar-refractivity contribution in [1.82, 2.24) is 10.1 Å². The van der Waals surface area contributed by atoms with E-state index in [1.807, 2.05) is 49.4 Å². The lowest BCUT2D eigenvalue weighted by molar-refractivity contribution is 0.391. The van der Waals surface area contributed by atoms with Crippen molar-refractivity contribution in [3.8, 4) is 11.4 Å². The minimum absolute atomic E-state index is 0.597. The maximum Gasteiger partial charge on any atom is 0.237 e. The molecule has 0 atom stereocenters. The van der Waals surface area contributed by atoms with E-state index >= 15 is 0 Å². The van der Waals surface area contributed by atoms with Crippen LogP contribution in [-0.4, -0.2) is 10.1 Å². The van der Waals surface area contributed by atoms with Gasteiger partial charge in [-0.3, -0.25) is 0 Å². The Morgan fingerprint density at radius 1 is 1.14 bits per heavy atom. The molecule has 0 spiro atoms. The molecule has 5 heteroatoms. The molecule has 106 valence electrons. The van der Waals surface area contributed by atoms with Gasteiger partial charge < -0.3 is 10.3 Å². The van der Waals surface area contributed by atoms with Gasteiger partial charge >= 0.3 is 0 Å². The summed E-state index contributed by atoms with van der Waals surface area (Å²) in [5.74, 6) is 1.82. The third-order valence-corrected chi connectivity index (χ3v) is 4.08. The topological polar surface area (TPSA) is 64.9 Å². The van der Waals surface area contributed by atoms with E-state index in [1.54, 1.807) is 11.8 Å². The number of aryl methyl sites for hydroxylation is 1. The number of aromatic nitrogens is 2. The second-order valence-corrected chi connectivity index (χ2v) is 5.72. The number of anilines is 1. The highest BCUT2D eigenvalue weighted by Crippen LogP contribution is 2.29. The molecule has 0 aliphatic rings. The molecule has 0 fully saturated rings. The molecule has 0 bridgehead atoms. The minimum atomic E-state index is 0.597. The fourth-order valence-electron chi connectivity index (χ4n) is 1.92. The molecule has 2 N–H and O–H groups in total. The summed E-state index contributed by atoms with van der Waals surface area (Å²) in [5.41, 5.74) is 8.87. The molecule has 0 unspecified atom stereocenters. The second kappa shape index (κ2) is 6.01. The third-order valence-electron chi connectivity index (χ3n) is 3.02. The minimum Gasteiger partial charge on any atom is -0.398 e. The average Bonchev–Trinajstić information content (AvgIpc) is 2.98. The van der Waals surface area contributed by atoms with E-state index in [0.29, 0.717) is 17.5 Å². The van der Waals surface area contributed by atoms with E-state index < -0.39 is 0 Å². The smallest absolute Gasteiger partial charge is 0.237 e. The summed E-state index contributed by atoms with van der Waals surface area (Å²) in [6.07, 6.45) is 0. The fraction of sp³-hybridized carbons (Fsp3) is 0.125. The van der Waals surface area contributed by atoms with Crippen LogP contribution in [0.1, 0.15) is 11.5 Å². The highest BCUT2D eigenvalue weighted by Gasteiger charge is 2.09. The summed E-state index contributed by atoms with van der Waals surface area (Å²) in [5, 5.41) is 4.01. The summed E-state index contributed by atoms with van der Waals surface area (Å²) in [7, 11) is 0. The van der Waals surface area contributed by atoms with Gasteiger partial charge in [-0.25, -0.2) is 0 Å². The lowest BCUT2D eigenvalue weighted by Crippen LogP contribution is -1.90. The second-order valence-electron chi connectivity index (χ2n) is 4.71. The maximum absolute atomic E-state index is 5.96. The molecule has 0 amide bonds. The van der Waals surface area contributed by atoms with E-state index in [-0.39, 0.29) is 0 Å². The van der Waals surface area contributed by atoms with E-state index in [9.17, 15) is 0 Å². The number of nitrogens with two attached hydrogens (primary N) is 1. The van der Waals surface area contributed by atoms with E-state index in [4.69, 9.17) is 10.3 Å². The first-order chi connectivity index (χ1) is 10.2. The summed E-state index contributed by atoms with van der Waals surface area (Å²) in [6.45, 7) is 2.05. The molecular formula is C16H15N3OS. The highest BCUT2D eigenvalue weighted by atomic mass is 32.2. The van der Waals surface area contributed by atoms with Crippen LogP contribution in [0.25, 0.3) is 11.4 Å². The van der Waals surface area contributed by atoms with Crippen LogP contribution in [0.15, 0.2) is 57.9 Å². The summed E-state index contributed by atoms with van der Waals surface area (Å²) < 4.78 is 5.29. The third kappa shape index (κ3) is 3.25. The van der Waals surface area contributed by atoms with Gasteiger partial charge in [0.1, 0.15) is 0 Å². The van der Waals surface area contributed by atoms with Crippen molar-refractivity contribution in [2.24, 2.45) is 0 Å². The first-order valence-electron chi connectivity index (χ1n) is 6.59.